The molecule has 0 aromatic carbocycles. The Morgan fingerprint density at radius 2 is 1.86 bits per heavy atom. The number of methoxy groups -OCH3 is 1. The molecule has 1 saturated heterocycles. The highest BCUT2D eigenvalue weighted by Crippen LogP contribution is 2.36. The standard InChI is InChI=1S/C25H25N7O2.C2H6O/c1-31-9-7-18-17(4-8-26-24(18)31)23-19-13-29-25(34)22(19)20(14-28-23)30-21-3-2-15(12-27-21)32-10-5-16(33)6-11-32;1-3-2/h2-4,7-9,12,14,16,33H,5-6,10-11,13H2,1H3,(H,27,30)(H,29,34);1-2H3. The van der Waals surface area contributed by atoms with E-state index in [0.717, 1.165) is 59.5 Å². The fourth-order valence-electron chi connectivity index (χ4n) is 4.85. The maximum Gasteiger partial charge on any atom is 0.254 e. The van der Waals surface area contributed by atoms with Crippen molar-refractivity contribution >= 4 is 34.1 Å². The van der Waals surface area contributed by atoms with Crippen molar-refractivity contribution in [1.29, 1.82) is 0 Å². The topological polar surface area (TPSA) is 117 Å². The summed E-state index contributed by atoms with van der Waals surface area (Å²) in [5.74, 6) is 0.523. The number of aromatic nitrogens is 4. The van der Waals surface area contributed by atoms with E-state index in [0.29, 0.717) is 23.6 Å². The second-order valence-corrected chi connectivity index (χ2v) is 9.23. The molecule has 10 nitrogen and oxygen atoms in total. The monoisotopic (exact) mass is 501 g/mol. The summed E-state index contributed by atoms with van der Waals surface area (Å²) in [5, 5.41) is 17.0. The van der Waals surface area contributed by atoms with Gasteiger partial charge in [0.2, 0.25) is 0 Å². The van der Waals surface area contributed by atoms with E-state index < -0.39 is 0 Å². The minimum Gasteiger partial charge on any atom is -0.393 e. The number of fused-ring (bicyclic) bond motifs is 2. The minimum atomic E-state index is -0.209. The number of pyridine rings is 3. The average molecular weight is 502 g/mol. The number of carbonyl (C=O) groups is 1. The van der Waals surface area contributed by atoms with E-state index in [1.54, 1.807) is 26.6 Å². The molecule has 3 N–H and O–H groups in total. The fraction of sp³-hybridized carbons (Fsp3) is 0.333. The van der Waals surface area contributed by atoms with Crippen LogP contribution in [0.3, 0.4) is 0 Å². The molecule has 0 unspecified atom stereocenters. The van der Waals surface area contributed by atoms with Crippen LogP contribution in [-0.2, 0) is 18.3 Å². The van der Waals surface area contributed by atoms with Gasteiger partial charge >= 0.3 is 0 Å². The summed E-state index contributed by atoms with van der Waals surface area (Å²) in [4.78, 5) is 28.8. The molecular weight excluding hydrogens is 470 g/mol. The van der Waals surface area contributed by atoms with Crippen molar-refractivity contribution in [3.63, 3.8) is 0 Å². The zero-order chi connectivity index (χ0) is 25.9. The van der Waals surface area contributed by atoms with E-state index in [2.05, 4.69) is 30.2 Å². The fourth-order valence-corrected chi connectivity index (χ4v) is 4.85. The van der Waals surface area contributed by atoms with Gasteiger partial charge in [-0.15, -0.1) is 0 Å². The molecule has 4 aromatic rings. The first-order chi connectivity index (χ1) is 18.0. The van der Waals surface area contributed by atoms with Crippen molar-refractivity contribution in [3.05, 3.63) is 60.2 Å². The molecule has 0 radical (unpaired) electrons. The van der Waals surface area contributed by atoms with Crippen LogP contribution in [0, 0.1) is 0 Å². The van der Waals surface area contributed by atoms with Gasteiger partial charge in [-0.05, 0) is 37.1 Å². The summed E-state index contributed by atoms with van der Waals surface area (Å²) in [5.41, 5.74) is 5.75. The molecule has 0 spiro atoms. The van der Waals surface area contributed by atoms with Gasteiger partial charge in [0.15, 0.2) is 0 Å². The number of rotatable bonds is 4. The Kier molecular flexibility index (Phi) is 7.02. The normalized spacial score (nSPS) is 15.2. The minimum absolute atomic E-state index is 0.122. The summed E-state index contributed by atoms with van der Waals surface area (Å²) in [6.45, 7) is 2.06. The molecule has 6 rings (SSSR count). The third-order valence-corrected chi connectivity index (χ3v) is 6.70. The highest BCUT2D eigenvalue weighted by Gasteiger charge is 2.28. The number of aliphatic hydroxyl groups is 1. The first-order valence-electron chi connectivity index (χ1n) is 12.3. The zero-order valence-electron chi connectivity index (χ0n) is 21.2. The van der Waals surface area contributed by atoms with Gasteiger partial charge in [0.1, 0.15) is 11.5 Å². The average Bonchev–Trinajstić information content (AvgIpc) is 3.49. The number of aliphatic hydroxyl groups excluding tert-OH is 1. The number of carbonyl (C=O) groups excluding carboxylic acids is 1. The van der Waals surface area contributed by atoms with Crippen LogP contribution in [0.5, 0.6) is 0 Å². The first-order valence-corrected chi connectivity index (χ1v) is 12.3. The SMILES string of the molecule is COC.Cn1ccc2c(-c3ncc(Nc4ccc(N5CCC(O)CC5)cn4)c4c3CNC4=O)ccnc21. The molecular formula is C27H31N7O3. The molecule has 6 heterocycles. The van der Waals surface area contributed by atoms with Gasteiger partial charge in [-0.3, -0.25) is 9.78 Å². The van der Waals surface area contributed by atoms with Gasteiger partial charge in [0.25, 0.3) is 5.91 Å². The van der Waals surface area contributed by atoms with E-state index >= 15 is 0 Å². The lowest BCUT2D eigenvalue weighted by Crippen LogP contribution is -2.35. The lowest BCUT2D eigenvalue weighted by Gasteiger charge is -2.31. The second kappa shape index (κ2) is 10.5. The number of ether oxygens (including phenoxy) is 1. The van der Waals surface area contributed by atoms with Crippen LogP contribution in [0.15, 0.2) is 49.1 Å². The van der Waals surface area contributed by atoms with Gasteiger partial charge in [-0.2, -0.15) is 0 Å². The quantitative estimate of drug-likeness (QED) is 0.390. The number of nitrogens with one attached hydrogen (secondary N) is 2. The molecule has 1 fully saturated rings. The number of nitrogens with zero attached hydrogens (tertiary/aromatic N) is 5. The summed E-state index contributed by atoms with van der Waals surface area (Å²) in [6.07, 6.45) is 8.61. The van der Waals surface area contributed by atoms with Gasteiger partial charge in [-0.25, -0.2) is 9.97 Å². The largest absolute Gasteiger partial charge is 0.393 e. The Morgan fingerprint density at radius 3 is 2.59 bits per heavy atom. The van der Waals surface area contributed by atoms with Gasteiger partial charge < -0.3 is 29.9 Å². The third-order valence-electron chi connectivity index (χ3n) is 6.70. The molecule has 37 heavy (non-hydrogen) atoms. The molecule has 2 aliphatic rings. The van der Waals surface area contributed by atoms with E-state index in [9.17, 15) is 9.90 Å². The highest BCUT2D eigenvalue weighted by molar-refractivity contribution is 6.06. The maximum absolute atomic E-state index is 12.8. The second-order valence-electron chi connectivity index (χ2n) is 9.23. The van der Waals surface area contributed by atoms with Crippen molar-refractivity contribution in [1.82, 2.24) is 24.8 Å². The van der Waals surface area contributed by atoms with Crippen molar-refractivity contribution in [3.8, 4) is 11.3 Å². The van der Waals surface area contributed by atoms with Crippen LogP contribution in [0.2, 0.25) is 0 Å². The Bertz CT molecular complexity index is 1410. The van der Waals surface area contributed by atoms with E-state index in [-0.39, 0.29) is 12.0 Å². The molecule has 1 amide bonds. The number of amides is 1. The number of anilines is 3. The van der Waals surface area contributed by atoms with E-state index in [4.69, 9.17) is 4.98 Å². The Balaban J connectivity index is 0.000000892. The lowest BCUT2D eigenvalue weighted by molar-refractivity contribution is 0.0966. The maximum atomic E-state index is 12.8. The molecule has 0 bridgehead atoms. The number of piperidine rings is 1. The summed E-state index contributed by atoms with van der Waals surface area (Å²) >= 11 is 0. The van der Waals surface area contributed by atoms with Crippen molar-refractivity contribution in [2.45, 2.75) is 25.5 Å². The predicted molar refractivity (Wildman–Crippen MR) is 143 cm³/mol. The Morgan fingerprint density at radius 1 is 1.08 bits per heavy atom. The number of hydrogen-bond acceptors (Lipinski definition) is 8. The van der Waals surface area contributed by atoms with Crippen molar-refractivity contribution in [2.75, 3.05) is 37.5 Å². The van der Waals surface area contributed by atoms with Crippen LogP contribution in [0.1, 0.15) is 28.8 Å². The van der Waals surface area contributed by atoms with Gasteiger partial charge in [-0.1, -0.05) is 0 Å². The zero-order valence-corrected chi connectivity index (χ0v) is 21.2. The molecule has 4 aromatic heterocycles. The molecule has 192 valence electrons. The Hall–Kier alpha value is -4.02. The molecule has 10 heteroatoms. The molecule has 0 aliphatic carbocycles. The van der Waals surface area contributed by atoms with Crippen molar-refractivity contribution < 1.29 is 14.6 Å². The molecule has 2 aliphatic heterocycles. The molecule has 0 atom stereocenters. The molecule has 0 saturated carbocycles. The van der Waals surface area contributed by atoms with Crippen LogP contribution in [0.4, 0.5) is 17.2 Å². The smallest absolute Gasteiger partial charge is 0.254 e. The highest BCUT2D eigenvalue weighted by atomic mass is 16.4. The summed E-state index contributed by atoms with van der Waals surface area (Å²) in [6, 6.07) is 7.89. The number of aryl methyl sites for hydroxylation is 1. The van der Waals surface area contributed by atoms with Gasteiger partial charge in [0.05, 0.1) is 41.1 Å². The third kappa shape index (κ3) is 4.85. The van der Waals surface area contributed by atoms with Crippen LogP contribution < -0.4 is 15.5 Å². The van der Waals surface area contributed by atoms with Crippen LogP contribution in [0.25, 0.3) is 22.3 Å². The first kappa shape index (κ1) is 24.7. The van der Waals surface area contributed by atoms with E-state index in [1.807, 2.05) is 48.3 Å². The van der Waals surface area contributed by atoms with E-state index in [1.165, 1.54) is 0 Å². The number of hydrogen-bond donors (Lipinski definition) is 3. The lowest BCUT2D eigenvalue weighted by atomic mass is 10.0. The van der Waals surface area contributed by atoms with Crippen LogP contribution in [-0.4, -0.2) is 63.9 Å². The van der Waals surface area contributed by atoms with Gasteiger partial charge in [0, 0.05) is 69.8 Å². The summed E-state index contributed by atoms with van der Waals surface area (Å²) in [7, 11) is 5.21. The van der Waals surface area contributed by atoms with Crippen molar-refractivity contribution in [2.24, 2.45) is 7.05 Å². The predicted octanol–water partition coefficient (Wildman–Crippen LogP) is 3.24. The Labute approximate surface area is 215 Å². The summed E-state index contributed by atoms with van der Waals surface area (Å²) < 4.78 is 6.22. The van der Waals surface area contributed by atoms with Crippen LogP contribution >= 0.6 is 0 Å².